The lowest BCUT2D eigenvalue weighted by atomic mass is 10.1. The summed E-state index contributed by atoms with van der Waals surface area (Å²) in [6, 6.07) is 15.6. The van der Waals surface area contributed by atoms with E-state index in [4.69, 9.17) is 32.7 Å². The van der Waals surface area contributed by atoms with E-state index in [0.29, 0.717) is 58.0 Å². The van der Waals surface area contributed by atoms with Gasteiger partial charge in [-0.1, -0.05) is 35.3 Å². The number of hydrogen-bond acceptors (Lipinski definition) is 12. The molecule has 0 bridgehead atoms. The van der Waals surface area contributed by atoms with Crippen molar-refractivity contribution in [2.75, 3.05) is 46.0 Å². The van der Waals surface area contributed by atoms with Crippen LogP contribution in [0.3, 0.4) is 0 Å². The minimum atomic E-state index is -0.922. The molecule has 0 saturated carbocycles. The summed E-state index contributed by atoms with van der Waals surface area (Å²) in [7, 11) is 8.28. The van der Waals surface area contributed by atoms with Crippen molar-refractivity contribution < 1.29 is 33.0 Å². The molecule has 6 rings (SSSR count). The number of carbonyl (C=O) groups excluding carboxylic acids is 1. The Labute approximate surface area is 349 Å². The monoisotopic (exact) mass is 849 g/mol. The number of fused-ring (bicyclic) bond motifs is 2. The third kappa shape index (κ3) is 10.4. The number of anilines is 4. The van der Waals surface area contributed by atoms with E-state index in [2.05, 4.69) is 35.9 Å². The minimum Gasteiger partial charge on any atom is -0.496 e. The van der Waals surface area contributed by atoms with E-state index in [9.17, 15) is 23.5 Å². The van der Waals surface area contributed by atoms with E-state index in [1.165, 1.54) is 31.9 Å². The van der Waals surface area contributed by atoms with Gasteiger partial charge in [-0.05, 0) is 64.3 Å². The molecule has 2 aromatic heterocycles. The Morgan fingerprint density at radius 3 is 1.54 bits per heavy atom. The third-order valence-corrected chi connectivity index (χ3v) is 10.2. The summed E-state index contributed by atoms with van der Waals surface area (Å²) in [5.74, 6) is -0.101. The average molecular weight is 851 g/mol. The smallest absolute Gasteiger partial charge is 0.320 e. The Morgan fingerprint density at radius 2 is 1.15 bits per heavy atom. The van der Waals surface area contributed by atoms with Crippen molar-refractivity contribution in [1.82, 2.24) is 35.1 Å². The third-order valence-electron chi connectivity index (χ3n) is 9.63. The van der Waals surface area contributed by atoms with Crippen LogP contribution in [0.2, 0.25) is 10.0 Å². The highest BCUT2D eigenvalue weighted by Gasteiger charge is 2.21. The lowest BCUT2D eigenvalue weighted by Gasteiger charge is -2.24. The summed E-state index contributed by atoms with van der Waals surface area (Å²) in [6.07, 6.45) is 2.76. The highest BCUT2D eigenvalue weighted by Crippen LogP contribution is 2.34. The molecule has 0 unspecified atom stereocenters. The predicted molar refractivity (Wildman–Crippen MR) is 225 cm³/mol. The maximum atomic E-state index is 14.4. The molecule has 0 spiro atoms. The fraction of sp³-hybridized carbons (Fsp3) is 0.268. The maximum absolute atomic E-state index is 14.4. The zero-order chi connectivity index (χ0) is 43.0. The molecular formula is C41H43Cl2F2N9O5. The molecule has 6 aromatic rings. The topological polar surface area (TPSA) is 167 Å². The first-order valence-electron chi connectivity index (χ1n) is 18.1. The van der Waals surface area contributed by atoms with Gasteiger partial charge in [-0.2, -0.15) is 0 Å². The Bertz CT molecular complexity index is 2480. The second-order valence-corrected chi connectivity index (χ2v) is 14.2. The van der Waals surface area contributed by atoms with E-state index >= 15 is 0 Å². The van der Waals surface area contributed by atoms with Crippen LogP contribution in [0.5, 0.6) is 11.5 Å². The Hall–Kier alpha value is -5.94. The second-order valence-electron chi connectivity index (χ2n) is 13.4. The van der Waals surface area contributed by atoms with Gasteiger partial charge in [0.15, 0.2) is 11.6 Å². The zero-order valence-electron chi connectivity index (χ0n) is 33.3. The number of methoxy groups -OCH3 is 2. The van der Waals surface area contributed by atoms with Crippen molar-refractivity contribution in [2.45, 2.75) is 39.0 Å². The van der Waals surface area contributed by atoms with Gasteiger partial charge in [0.1, 0.15) is 41.8 Å². The van der Waals surface area contributed by atoms with Gasteiger partial charge in [0, 0.05) is 54.2 Å². The summed E-state index contributed by atoms with van der Waals surface area (Å²) in [5, 5.41) is 19.2. The predicted octanol–water partition coefficient (Wildman–Crippen LogP) is 7.82. The number of aromatic nitrogens is 4. The molecule has 59 heavy (non-hydrogen) atoms. The van der Waals surface area contributed by atoms with Crippen LogP contribution >= 0.6 is 23.2 Å². The first-order valence-corrected chi connectivity index (χ1v) is 18.8. The lowest BCUT2D eigenvalue weighted by Crippen LogP contribution is -2.41. The van der Waals surface area contributed by atoms with Crippen molar-refractivity contribution >= 4 is 79.9 Å². The highest BCUT2D eigenvalue weighted by molar-refractivity contribution is 6.31. The molecule has 0 aliphatic heterocycles. The van der Waals surface area contributed by atoms with Crippen LogP contribution < -0.4 is 25.4 Å². The molecule has 18 heteroatoms. The number of nitrogens with zero attached hydrogens (tertiary/aromatic N) is 6. The first kappa shape index (κ1) is 44.2. The average Bonchev–Trinajstić information content (AvgIpc) is 3.23. The van der Waals surface area contributed by atoms with E-state index in [0.717, 1.165) is 11.1 Å². The lowest BCUT2D eigenvalue weighted by molar-refractivity contribution is -0.142. The molecule has 0 fully saturated rings. The highest BCUT2D eigenvalue weighted by atomic mass is 35.5. The summed E-state index contributed by atoms with van der Waals surface area (Å²) >= 11 is 11.7. The van der Waals surface area contributed by atoms with Crippen LogP contribution in [0.25, 0.3) is 21.8 Å². The Balaban J connectivity index is 0.000000224. The maximum Gasteiger partial charge on any atom is 0.320 e. The number of benzene rings is 4. The van der Waals surface area contributed by atoms with Crippen molar-refractivity contribution in [3.05, 3.63) is 106 Å². The van der Waals surface area contributed by atoms with Crippen LogP contribution in [0.4, 0.5) is 31.8 Å². The van der Waals surface area contributed by atoms with E-state index in [-0.39, 0.29) is 33.4 Å². The zero-order valence-corrected chi connectivity index (χ0v) is 34.8. The van der Waals surface area contributed by atoms with E-state index in [1.54, 1.807) is 69.4 Å². The van der Waals surface area contributed by atoms with Crippen LogP contribution in [-0.4, -0.2) is 94.2 Å². The molecule has 310 valence electrons. The quantitative estimate of drug-likeness (QED) is 0.0839. The number of aliphatic carboxylic acids is 1. The van der Waals surface area contributed by atoms with Crippen LogP contribution in [0.1, 0.15) is 25.0 Å². The van der Waals surface area contributed by atoms with Crippen LogP contribution in [0, 0.1) is 11.6 Å². The van der Waals surface area contributed by atoms with Crippen LogP contribution in [0.15, 0.2) is 73.3 Å². The normalized spacial score (nSPS) is 12.2. The van der Waals surface area contributed by atoms with Gasteiger partial charge in [-0.3, -0.25) is 19.4 Å². The van der Waals surface area contributed by atoms with Gasteiger partial charge in [0.25, 0.3) is 0 Å². The van der Waals surface area contributed by atoms with Crippen molar-refractivity contribution in [3.63, 3.8) is 0 Å². The molecule has 1 amide bonds. The van der Waals surface area contributed by atoms with Gasteiger partial charge in [-0.15, -0.1) is 0 Å². The van der Waals surface area contributed by atoms with Crippen molar-refractivity contribution in [1.29, 1.82) is 0 Å². The van der Waals surface area contributed by atoms with Gasteiger partial charge in [0.2, 0.25) is 5.91 Å². The molecule has 14 nitrogen and oxygen atoms in total. The minimum absolute atomic E-state index is 0.00000277. The molecule has 0 saturated heterocycles. The molecule has 0 aliphatic rings. The number of carbonyl (C=O) groups is 2. The molecular weight excluding hydrogens is 807 g/mol. The van der Waals surface area contributed by atoms with Crippen molar-refractivity contribution in [3.8, 4) is 11.5 Å². The van der Waals surface area contributed by atoms with Gasteiger partial charge in [-0.25, -0.2) is 28.7 Å². The fourth-order valence-electron chi connectivity index (χ4n) is 5.95. The number of carboxylic acid groups (broad SMARTS) is 1. The number of ether oxygens (including phenoxy) is 2. The van der Waals surface area contributed by atoms with E-state index in [1.807, 2.05) is 31.0 Å². The number of likely N-dealkylation sites (N-methyl/N-ethyl adjacent to an activating group) is 3. The first-order chi connectivity index (χ1) is 28.2. The van der Waals surface area contributed by atoms with E-state index < -0.39 is 23.6 Å². The Kier molecular flexibility index (Phi) is 14.7. The standard InChI is InChI=1S/C21H23ClFN5O2.C20H20ClFN4O3/c1-12(21(29)24-2)28(3)10-13-8-14-17(9-18(13)30-4)25-11-26-20(14)27-16-7-5-6-15(22)19(16)23;1-11(20(27)28)26(2)9-12-7-13-16(8-17(12)29-3)23-10-24-19(13)25-15-6-4-5-14(21)18(15)22/h5-9,11-12H,10H2,1-4H3,(H,24,29)(H,25,26,27);4-8,10-11H,9H2,1-3H3,(H,27,28)(H,23,24,25)/t12-;11-/m11/s1. The summed E-state index contributed by atoms with van der Waals surface area (Å²) < 4.78 is 39.6. The number of amides is 1. The van der Waals surface area contributed by atoms with Crippen molar-refractivity contribution in [2.24, 2.45) is 0 Å². The van der Waals surface area contributed by atoms with Gasteiger partial charge in [0.05, 0.1) is 52.7 Å². The fourth-order valence-corrected chi connectivity index (χ4v) is 6.30. The molecule has 0 aliphatic carbocycles. The summed E-state index contributed by atoms with van der Waals surface area (Å²) in [5.41, 5.74) is 3.22. The van der Waals surface area contributed by atoms with Crippen LogP contribution in [-0.2, 0) is 22.7 Å². The molecule has 4 N–H and O–H groups in total. The number of rotatable bonds is 14. The number of carboxylic acids is 1. The Morgan fingerprint density at radius 1 is 0.729 bits per heavy atom. The molecule has 2 atom stereocenters. The molecule has 0 radical (unpaired) electrons. The summed E-state index contributed by atoms with van der Waals surface area (Å²) in [4.78, 5) is 43.9. The summed E-state index contributed by atoms with van der Waals surface area (Å²) in [6.45, 7) is 4.21. The SMILES string of the molecule is CNC(=O)[C@@H](C)N(C)Cc1cc2c(Nc3cccc(Cl)c3F)ncnc2cc1OC.COc1cc2ncnc(Nc3cccc(Cl)c3F)c2cc1CN(C)[C@H](C)C(=O)O. The number of nitrogens with one attached hydrogen (secondary N) is 3. The largest absolute Gasteiger partial charge is 0.496 e. The number of halogens is 4. The second kappa shape index (κ2) is 19.7. The molecule has 2 heterocycles. The number of hydrogen-bond donors (Lipinski definition) is 4. The van der Waals surface area contributed by atoms with Gasteiger partial charge >= 0.3 is 5.97 Å². The molecule has 4 aromatic carbocycles. The van der Waals surface area contributed by atoms with Gasteiger partial charge < -0.3 is 30.5 Å².